The van der Waals surface area contributed by atoms with E-state index in [1.54, 1.807) is 13.1 Å². The molecule has 0 fully saturated rings. The smallest absolute Gasteiger partial charge is 0.313 e. The molecule has 0 radical (unpaired) electrons. The van der Waals surface area contributed by atoms with E-state index in [1.165, 1.54) is 0 Å². The molecule has 102 valence electrons. The molecule has 1 rings (SSSR count). The van der Waals surface area contributed by atoms with Gasteiger partial charge in [0.2, 0.25) is 0 Å². The zero-order chi connectivity index (χ0) is 13.8. The molecule has 0 saturated heterocycles. The van der Waals surface area contributed by atoms with Crippen LogP contribution in [0.1, 0.15) is 36.4 Å². The molecule has 0 saturated carbocycles. The van der Waals surface area contributed by atoms with Gasteiger partial charge in [0.25, 0.3) is 0 Å². The Morgan fingerprint density at radius 1 is 1.33 bits per heavy atom. The molecule has 0 aromatic heterocycles. The monoisotopic (exact) mass is 279 g/mol. The Kier molecular flexibility index (Phi) is 5.47. The van der Waals surface area contributed by atoms with Crippen molar-refractivity contribution in [2.45, 2.75) is 38.4 Å². The van der Waals surface area contributed by atoms with Crippen LogP contribution in [-0.4, -0.2) is 13.2 Å². The second-order valence-electron chi connectivity index (χ2n) is 4.35. The number of aryl methyl sites for hydroxylation is 1. The molecule has 1 N–H and O–H groups in total. The summed E-state index contributed by atoms with van der Waals surface area (Å²) in [6, 6.07) is 5.39. The van der Waals surface area contributed by atoms with Gasteiger partial charge in [-0.05, 0) is 50.1 Å². The van der Waals surface area contributed by atoms with E-state index >= 15 is 0 Å². The van der Waals surface area contributed by atoms with Crippen LogP contribution in [0.3, 0.4) is 0 Å². The minimum atomic E-state index is -4.08. The van der Waals surface area contributed by atoms with Crippen molar-refractivity contribution in [2.75, 3.05) is 7.05 Å². The Hall–Kier alpha value is -0.740. The van der Waals surface area contributed by atoms with Crippen LogP contribution in [0.25, 0.3) is 0 Å². The van der Waals surface area contributed by atoms with Crippen molar-refractivity contribution in [3.8, 4) is 0 Å². The molecular weight excluding hydrogens is 263 g/mol. The summed E-state index contributed by atoms with van der Waals surface area (Å²) >= 11 is 5.86. The second-order valence-corrected chi connectivity index (χ2v) is 4.79. The molecule has 1 unspecified atom stereocenters. The van der Waals surface area contributed by atoms with Crippen molar-refractivity contribution >= 4 is 11.6 Å². The standard InChI is InChI=1S/C13H17ClF3N/c1-9-8-10(14)5-6-11(9)12(18-2)4-3-7-13(15,16)17/h5-6,8,12,18H,3-4,7H2,1-2H3. The highest BCUT2D eigenvalue weighted by Gasteiger charge is 2.26. The molecule has 5 heteroatoms. The number of hydrogen-bond donors (Lipinski definition) is 1. The highest BCUT2D eigenvalue weighted by Crippen LogP contribution is 2.28. The summed E-state index contributed by atoms with van der Waals surface area (Å²) in [5.74, 6) is 0. The average Bonchev–Trinajstić information content (AvgIpc) is 2.24. The van der Waals surface area contributed by atoms with Crippen LogP contribution in [0.5, 0.6) is 0 Å². The van der Waals surface area contributed by atoms with E-state index in [0.29, 0.717) is 11.4 Å². The van der Waals surface area contributed by atoms with E-state index in [9.17, 15) is 13.2 Å². The van der Waals surface area contributed by atoms with Gasteiger partial charge in [0, 0.05) is 17.5 Å². The van der Waals surface area contributed by atoms with Gasteiger partial charge >= 0.3 is 6.18 Å². The fourth-order valence-corrected chi connectivity index (χ4v) is 2.22. The first-order chi connectivity index (χ1) is 8.33. The topological polar surface area (TPSA) is 12.0 Å². The molecule has 0 heterocycles. The van der Waals surface area contributed by atoms with Crippen molar-refractivity contribution in [3.05, 3.63) is 34.3 Å². The van der Waals surface area contributed by atoms with Crippen molar-refractivity contribution in [2.24, 2.45) is 0 Å². The number of nitrogens with one attached hydrogen (secondary N) is 1. The lowest BCUT2D eigenvalue weighted by Gasteiger charge is -2.19. The van der Waals surface area contributed by atoms with E-state index in [-0.39, 0.29) is 12.5 Å². The highest BCUT2D eigenvalue weighted by molar-refractivity contribution is 6.30. The number of rotatable bonds is 5. The molecule has 0 amide bonds. The summed E-state index contributed by atoms with van der Waals surface area (Å²) in [7, 11) is 1.76. The normalized spacial score (nSPS) is 13.7. The molecular formula is C13H17ClF3N. The van der Waals surface area contributed by atoms with Crippen molar-refractivity contribution in [1.29, 1.82) is 0 Å². The largest absolute Gasteiger partial charge is 0.389 e. The van der Waals surface area contributed by atoms with E-state index in [1.807, 2.05) is 19.1 Å². The Balaban J connectivity index is 2.66. The fraction of sp³-hybridized carbons (Fsp3) is 0.538. The van der Waals surface area contributed by atoms with E-state index in [4.69, 9.17) is 11.6 Å². The van der Waals surface area contributed by atoms with Crippen LogP contribution in [0.15, 0.2) is 18.2 Å². The molecule has 1 atom stereocenters. The lowest BCUT2D eigenvalue weighted by Crippen LogP contribution is -2.18. The third-order valence-electron chi connectivity index (χ3n) is 2.91. The Morgan fingerprint density at radius 2 is 2.00 bits per heavy atom. The molecule has 1 nitrogen and oxygen atoms in total. The number of hydrogen-bond acceptors (Lipinski definition) is 1. The van der Waals surface area contributed by atoms with Gasteiger partial charge in [0.15, 0.2) is 0 Å². The zero-order valence-electron chi connectivity index (χ0n) is 10.4. The average molecular weight is 280 g/mol. The van der Waals surface area contributed by atoms with E-state index in [2.05, 4.69) is 5.32 Å². The van der Waals surface area contributed by atoms with E-state index in [0.717, 1.165) is 11.1 Å². The lowest BCUT2D eigenvalue weighted by atomic mass is 9.97. The summed E-state index contributed by atoms with van der Waals surface area (Å²) in [6.07, 6.45) is -4.24. The quantitative estimate of drug-likeness (QED) is 0.828. The molecule has 18 heavy (non-hydrogen) atoms. The minimum absolute atomic E-state index is 0.0652. The maximum Gasteiger partial charge on any atom is 0.389 e. The van der Waals surface area contributed by atoms with Crippen LogP contribution in [-0.2, 0) is 0 Å². The predicted molar refractivity (Wildman–Crippen MR) is 67.9 cm³/mol. The molecule has 1 aromatic carbocycles. The fourth-order valence-electron chi connectivity index (χ4n) is 1.99. The van der Waals surface area contributed by atoms with E-state index < -0.39 is 12.6 Å². The van der Waals surface area contributed by atoms with Crippen LogP contribution in [0, 0.1) is 6.92 Å². The Morgan fingerprint density at radius 3 is 2.50 bits per heavy atom. The first kappa shape index (κ1) is 15.3. The highest BCUT2D eigenvalue weighted by atomic mass is 35.5. The van der Waals surface area contributed by atoms with Gasteiger partial charge in [0.05, 0.1) is 0 Å². The summed E-state index contributed by atoms with van der Waals surface area (Å²) in [5.41, 5.74) is 2.00. The second kappa shape index (κ2) is 6.43. The van der Waals surface area contributed by atoms with Gasteiger partial charge in [-0.15, -0.1) is 0 Å². The van der Waals surface area contributed by atoms with Crippen LogP contribution in [0.4, 0.5) is 13.2 Å². The van der Waals surface area contributed by atoms with Gasteiger partial charge in [-0.2, -0.15) is 13.2 Å². The first-order valence-electron chi connectivity index (χ1n) is 5.83. The number of benzene rings is 1. The summed E-state index contributed by atoms with van der Waals surface area (Å²) in [5, 5.41) is 3.69. The van der Waals surface area contributed by atoms with Gasteiger partial charge in [-0.25, -0.2) is 0 Å². The maximum absolute atomic E-state index is 12.1. The zero-order valence-corrected chi connectivity index (χ0v) is 11.2. The van der Waals surface area contributed by atoms with Gasteiger partial charge < -0.3 is 5.32 Å². The van der Waals surface area contributed by atoms with Crippen LogP contribution in [0.2, 0.25) is 5.02 Å². The molecule has 0 aliphatic rings. The summed E-state index contributed by atoms with van der Waals surface area (Å²) in [4.78, 5) is 0. The van der Waals surface area contributed by atoms with Crippen LogP contribution >= 0.6 is 11.6 Å². The third kappa shape index (κ3) is 4.86. The van der Waals surface area contributed by atoms with Crippen molar-refractivity contribution in [1.82, 2.24) is 5.32 Å². The number of alkyl halides is 3. The SMILES string of the molecule is CNC(CCCC(F)(F)F)c1ccc(Cl)cc1C. The van der Waals surface area contributed by atoms with Gasteiger partial charge in [-0.3, -0.25) is 0 Å². The number of halogens is 4. The third-order valence-corrected chi connectivity index (χ3v) is 3.14. The Labute approximate surface area is 110 Å². The molecule has 1 aromatic rings. The maximum atomic E-state index is 12.1. The molecule has 0 aliphatic carbocycles. The van der Waals surface area contributed by atoms with Crippen molar-refractivity contribution in [3.63, 3.8) is 0 Å². The van der Waals surface area contributed by atoms with Gasteiger partial charge in [0.1, 0.15) is 0 Å². The first-order valence-corrected chi connectivity index (χ1v) is 6.21. The van der Waals surface area contributed by atoms with Crippen LogP contribution < -0.4 is 5.32 Å². The predicted octanol–water partition coefficient (Wildman–Crippen LogP) is 4.64. The van der Waals surface area contributed by atoms with Gasteiger partial charge in [-0.1, -0.05) is 17.7 Å². The summed E-state index contributed by atoms with van der Waals surface area (Å²) in [6.45, 7) is 1.91. The molecule has 0 aliphatic heterocycles. The molecule has 0 bridgehead atoms. The summed E-state index contributed by atoms with van der Waals surface area (Å²) < 4.78 is 36.3. The molecule has 0 spiro atoms. The minimum Gasteiger partial charge on any atom is -0.313 e. The Bertz CT molecular complexity index is 390. The lowest BCUT2D eigenvalue weighted by molar-refractivity contribution is -0.135. The van der Waals surface area contributed by atoms with Crippen molar-refractivity contribution < 1.29 is 13.2 Å².